The number of benzene rings is 3. The SMILES string of the molecule is O=C(Nc1ccc(Sc2ccccc2Cl)cc1)c1c(F)cccc1F. The third-order valence-electron chi connectivity index (χ3n) is 3.37. The predicted octanol–water partition coefficient (Wildman–Crippen LogP) is 6.02. The zero-order valence-corrected chi connectivity index (χ0v) is 14.4. The number of hydrogen-bond acceptors (Lipinski definition) is 2. The molecule has 0 saturated carbocycles. The van der Waals surface area contributed by atoms with Crippen molar-refractivity contribution in [1.29, 1.82) is 0 Å². The summed E-state index contributed by atoms with van der Waals surface area (Å²) in [6, 6.07) is 17.7. The average Bonchev–Trinajstić information content (AvgIpc) is 2.58. The largest absolute Gasteiger partial charge is 0.322 e. The topological polar surface area (TPSA) is 29.1 Å². The Morgan fingerprint density at radius 3 is 2.16 bits per heavy atom. The highest BCUT2D eigenvalue weighted by atomic mass is 35.5. The summed E-state index contributed by atoms with van der Waals surface area (Å²) in [5.41, 5.74) is -0.159. The minimum absolute atomic E-state index is 0.441. The highest BCUT2D eigenvalue weighted by molar-refractivity contribution is 7.99. The molecule has 1 N–H and O–H groups in total. The first kappa shape index (κ1) is 17.5. The fourth-order valence-electron chi connectivity index (χ4n) is 2.17. The van der Waals surface area contributed by atoms with Gasteiger partial charge >= 0.3 is 0 Å². The van der Waals surface area contributed by atoms with Gasteiger partial charge in [0.1, 0.15) is 17.2 Å². The van der Waals surface area contributed by atoms with Crippen molar-refractivity contribution in [2.24, 2.45) is 0 Å². The Bertz CT molecular complexity index is 895. The van der Waals surface area contributed by atoms with E-state index in [2.05, 4.69) is 5.32 Å². The van der Waals surface area contributed by atoms with Crippen LogP contribution < -0.4 is 5.32 Å². The lowest BCUT2D eigenvalue weighted by molar-refractivity contribution is 0.101. The molecule has 2 nitrogen and oxygen atoms in total. The standard InChI is InChI=1S/C19H12ClF2NOS/c20-14-4-1-2-7-17(14)25-13-10-8-12(9-11-13)23-19(24)18-15(21)5-3-6-16(18)22/h1-11H,(H,23,24). The molecule has 0 aromatic heterocycles. The van der Waals surface area contributed by atoms with Gasteiger partial charge in [-0.2, -0.15) is 0 Å². The van der Waals surface area contributed by atoms with E-state index >= 15 is 0 Å². The number of carbonyl (C=O) groups is 1. The minimum atomic E-state index is -0.900. The first-order valence-corrected chi connectivity index (χ1v) is 8.52. The first-order valence-electron chi connectivity index (χ1n) is 7.32. The van der Waals surface area contributed by atoms with E-state index in [0.717, 1.165) is 21.9 Å². The zero-order chi connectivity index (χ0) is 17.8. The number of anilines is 1. The second-order valence-electron chi connectivity index (χ2n) is 5.11. The smallest absolute Gasteiger partial charge is 0.261 e. The molecule has 0 heterocycles. The minimum Gasteiger partial charge on any atom is -0.322 e. The van der Waals surface area contributed by atoms with Gasteiger partial charge in [-0.3, -0.25) is 4.79 Å². The van der Waals surface area contributed by atoms with Gasteiger partial charge in [0.05, 0.1) is 5.02 Å². The van der Waals surface area contributed by atoms with Gasteiger partial charge < -0.3 is 5.32 Å². The Balaban J connectivity index is 1.73. The zero-order valence-electron chi connectivity index (χ0n) is 12.8. The van der Waals surface area contributed by atoms with Crippen LogP contribution in [0.25, 0.3) is 0 Å². The van der Waals surface area contributed by atoms with Crippen molar-refractivity contribution >= 4 is 35.0 Å². The summed E-state index contributed by atoms with van der Waals surface area (Å²) in [4.78, 5) is 13.9. The maximum absolute atomic E-state index is 13.6. The van der Waals surface area contributed by atoms with Crippen LogP contribution in [0, 0.1) is 11.6 Å². The van der Waals surface area contributed by atoms with E-state index in [0.29, 0.717) is 10.7 Å². The maximum atomic E-state index is 13.6. The summed E-state index contributed by atoms with van der Waals surface area (Å²) in [5.74, 6) is -2.63. The Morgan fingerprint density at radius 1 is 0.880 bits per heavy atom. The second-order valence-corrected chi connectivity index (χ2v) is 6.63. The Morgan fingerprint density at radius 2 is 1.52 bits per heavy atom. The molecule has 0 radical (unpaired) electrons. The number of amides is 1. The third-order valence-corrected chi connectivity index (χ3v) is 4.89. The molecule has 0 aliphatic rings. The lowest BCUT2D eigenvalue weighted by Gasteiger charge is -2.08. The van der Waals surface area contributed by atoms with Gasteiger partial charge in [-0.05, 0) is 48.5 Å². The summed E-state index contributed by atoms with van der Waals surface area (Å²) in [5, 5.41) is 3.14. The van der Waals surface area contributed by atoms with Gasteiger partial charge in [-0.25, -0.2) is 8.78 Å². The number of halogens is 3. The fraction of sp³-hybridized carbons (Fsp3) is 0. The summed E-state index contributed by atoms with van der Waals surface area (Å²) < 4.78 is 27.3. The molecule has 6 heteroatoms. The number of nitrogens with one attached hydrogen (secondary N) is 1. The van der Waals surface area contributed by atoms with Crippen molar-refractivity contribution in [2.45, 2.75) is 9.79 Å². The summed E-state index contributed by atoms with van der Waals surface area (Å²) >= 11 is 7.60. The van der Waals surface area contributed by atoms with E-state index in [1.807, 2.05) is 18.2 Å². The molecule has 3 aromatic rings. The monoisotopic (exact) mass is 375 g/mol. The maximum Gasteiger partial charge on any atom is 0.261 e. The molecule has 0 fully saturated rings. The fourth-order valence-corrected chi connectivity index (χ4v) is 3.26. The van der Waals surface area contributed by atoms with Gasteiger partial charge in [0.2, 0.25) is 0 Å². The molecule has 3 aromatic carbocycles. The van der Waals surface area contributed by atoms with Gasteiger partial charge in [0, 0.05) is 15.5 Å². The van der Waals surface area contributed by atoms with E-state index in [9.17, 15) is 13.6 Å². The van der Waals surface area contributed by atoms with Crippen LogP contribution in [0.2, 0.25) is 5.02 Å². The van der Waals surface area contributed by atoms with E-state index in [4.69, 9.17) is 11.6 Å². The van der Waals surface area contributed by atoms with Crippen molar-refractivity contribution in [3.8, 4) is 0 Å². The summed E-state index contributed by atoms with van der Waals surface area (Å²) in [7, 11) is 0. The Labute approximate surface area is 152 Å². The molecular formula is C19H12ClF2NOS. The average molecular weight is 376 g/mol. The predicted molar refractivity (Wildman–Crippen MR) is 96.3 cm³/mol. The molecule has 0 aliphatic carbocycles. The molecule has 0 bridgehead atoms. The van der Waals surface area contributed by atoms with Crippen molar-refractivity contribution in [2.75, 3.05) is 5.32 Å². The second kappa shape index (κ2) is 7.68. The first-order chi connectivity index (χ1) is 12.0. The van der Waals surface area contributed by atoms with Crippen LogP contribution in [0.3, 0.4) is 0 Å². The molecule has 126 valence electrons. The third kappa shape index (κ3) is 4.18. The Kier molecular flexibility index (Phi) is 5.36. The lowest BCUT2D eigenvalue weighted by atomic mass is 10.2. The van der Waals surface area contributed by atoms with Crippen molar-refractivity contribution in [3.05, 3.63) is 89.0 Å². The molecule has 0 unspecified atom stereocenters. The molecule has 1 amide bonds. The molecular weight excluding hydrogens is 364 g/mol. The van der Waals surface area contributed by atoms with E-state index in [1.165, 1.54) is 17.8 Å². The lowest BCUT2D eigenvalue weighted by Crippen LogP contribution is -2.15. The van der Waals surface area contributed by atoms with Crippen molar-refractivity contribution in [3.63, 3.8) is 0 Å². The normalized spacial score (nSPS) is 10.5. The quantitative estimate of drug-likeness (QED) is 0.604. The number of hydrogen-bond donors (Lipinski definition) is 1. The molecule has 0 aliphatic heterocycles. The van der Waals surface area contributed by atoms with Crippen LogP contribution in [0.1, 0.15) is 10.4 Å². The molecule has 25 heavy (non-hydrogen) atoms. The van der Waals surface area contributed by atoms with Crippen LogP contribution in [0.15, 0.2) is 76.5 Å². The van der Waals surface area contributed by atoms with Gasteiger partial charge in [-0.1, -0.05) is 41.6 Å². The molecule has 3 rings (SSSR count). The molecule has 0 saturated heterocycles. The van der Waals surface area contributed by atoms with Gasteiger partial charge in [0.25, 0.3) is 5.91 Å². The van der Waals surface area contributed by atoms with Crippen LogP contribution in [-0.4, -0.2) is 5.91 Å². The molecule has 0 atom stereocenters. The van der Waals surface area contributed by atoms with Crippen molar-refractivity contribution in [1.82, 2.24) is 0 Å². The van der Waals surface area contributed by atoms with Gasteiger partial charge in [0.15, 0.2) is 0 Å². The van der Waals surface area contributed by atoms with E-state index in [-0.39, 0.29) is 0 Å². The van der Waals surface area contributed by atoms with Gasteiger partial charge in [-0.15, -0.1) is 0 Å². The highest BCUT2D eigenvalue weighted by Crippen LogP contribution is 2.33. The van der Waals surface area contributed by atoms with E-state index in [1.54, 1.807) is 30.3 Å². The van der Waals surface area contributed by atoms with E-state index < -0.39 is 23.1 Å². The highest BCUT2D eigenvalue weighted by Gasteiger charge is 2.17. The summed E-state index contributed by atoms with van der Waals surface area (Å²) in [6.07, 6.45) is 0. The van der Waals surface area contributed by atoms with Crippen LogP contribution >= 0.6 is 23.4 Å². The number of rotatable bonds is 4. The van der Waals surface area contributed by atoms with Crippen LogP contribution in [0.4, 0.5) is 14.5 Å². The molecule has 0 spiro atoms. The van der Waals surface area contributed by atoms with Crippen molar-refractivity contribution < 1.29 is 13.6 Å². The Hall–Kier alpha value is -2.37. The van der Waals surface area contributed by atoms with Crippen LogP contribution in [0.5, 0.6) is 0 Å². The van der Waals surface area contributed by atoms with Crippen LogP contribution in [-0.2, 0) is 0 Å². The number of carbonyl (C=O) groups excluding carboxylic acids is 1. The summed E-state index contributed by atoms with van der Waals surface area (Å²) in [6.45, 7) is 0.